The van der Waals surface area contributed by atoms with Crippen molar-refractivity contribution in [3.05, 3.63) is 11.6 Å². The van der Waals surface area contributed by atoms with Gasteiger partial charge in [0.1, 0.15) is 0 Å². The molecule has 0 aliphatic heterocycles. The van der Waals surface area contributed by atoms with Crippen molar-refractivity contribution in [3.8, 4) is 0 Å². The molecular weight excluding hydrogens is 453 g/mol. The average molecular weight is 499 g/mol. The van der Waals surface area contributed by atoms with Gasteiger partial charge in [-0.25, -0.2) is 0 Å². The van der Waals surface area contributed by atoms with E-state index < -0.39 is 23.3 Å². The average Bonchev–Trinajstić information content (AvgIpc) is 3.08. The van der Waals surface area contributed by atoms with Crippen molar-refractivity contribution in [3.63, 3.8) is 0 Å². The second kappa shape index (κ2) is 8.77. The first kappa shape index (κ1) is 27.0. The van der Waals surface area contributed by atoms with E-state index in [-0.39, 0.29) is 23.2 Å². The summed E-state index contributed by atoms with van der Waals surface area (Å²) in [5.41, 5.74) is -1.23. The van der Waals surface area contributed by atoms with Crippen LogP contribution < -0.4 is 0 Å². The molecule has 200 valence electrons. The number of carbonyl (C=O) groups excluding carboxylic acids is 1. The monoisotopic (exact) mass is 498 g/mol. The highest BCUT2D eigenvalue weighted by Gasteiger charge is 2.60. The maximum absolute atomic E-state index is 13.7. The van der Waals surface area contributed by atoms with Crippen LogP contribution in [0.5, 0.6) is 0 Å². The standard InChI is InChI=1S/C29H45F3O3/c1-18(11-14-28(6,29(30,31)32)35-19(2)33)22-9-10-23-21-8-7-20-17-25(3,34)15-16-26(20,4)24(21)12-13-27(22,23)5/h7,18,21-24,34H,8-17H2,1-6H3/t18-,21+,22-,23+,24+,25+,26+,27-,28?/m1/s1. The Balaban J connectivity index is 1.49. The Morgan fingerprint density at radius 3 is 2.46 bits per heavy atom. The molecule has 3 nitrogen and oxygen atoms in total. The summed E-state index contributed by atoms with van der Waals surface area (Å²) in [5.74, 6) is 1.54. The summed E-state index contributed by atoms with van der Waals surface area (Å²) in [5, 5.41) is 10.7. The highest BCUT2D eigenvalue weighted by Crippen LogP contribution is 2.67. The predicted molar refractivity (Wildman–Crippen MR) is 130 cm³/mol. The van der Waals surface area contributed by atoms with Crippen molar-refractivity contribution >= 4 is 5.97 Å². The van der Waals surface area contributed by atoms with E-state index in [4.69, 9.17) is 4.74 Å². The van der Waals surface area contributed by atoms with E-state index >= 15 is 0 Å². The lowest BCUT2D eigenvalue weighted by Crippen LogP contribution is -2.52. The fourth-order valence-electron chi connectivity index (χ4n) is 9.05. The quantitative estimate of drug-likeness (QED) is 0.313. The van der Waals surface area contributed by atoms with E-state index in [1.54, 1.807) is 0 Å². The molecule has 1 N–H and O–H groups in total. The van der Waals surface area contributed by atoms with Gasteiger partial charge in [-0.3, -0.25) is 4.79 Å². The zero-order valence-corrected chi connectivity index (χ0v) is 22.4. The minimum atomic E-state index is -4.58. The van der Waals surface area contributed by atoms with Crippen LogP contribution in [0, 0.1) is 40.4 Å². The van der Waals surface area contributed by atoms with Crippen molar-refractivity contribution in [2.45, 2.75) is 123 Å². The van der Waals surface area contributed by atoms with Crippen LogP contribution in [0.1, 0.15) is 106 Å². The topological polar surface area (TPSA) is 46.5 Å². The van der Waals surface area contributed by atoms with Crippen LogP contribution in [0.2, 0.25) is 0 Å². The molecule has 3 fully saturated rings. The van der Waals surface area contributed by atoms with Crippen molar-refractivity contribution in [1.82, 2.24) is 0 Å². The summed E-state index contributed by atoms with van der Waals surface area (Å²) in [6, 6.07) is 0. The lowest BCUT2D eigenvalue weighted by molar-refractivity contribution is -0.266. The van der Waals surface area contributed by atoms with E-state index in [1.165, 1.54) is 12.0 Å². The highest BCUT2D eigenvalue weighted by atomic mass is 19.4. The summed E-state index contributed by atoms with van der Waals surface area (Å²) >= 11 is 0. The van der Waals surface area contributed by atoms with Gasteiger partial charge in [-0.05, 0) is 118 Å². The van der Waals surface area contributed by atoms with Crippen molar-refractivity contribution in [1.29, 1.82) is 0 Å². The molecular formula is C29H45F3O3. The Labute approximate surface area is 209 Å². The van der Waals surface area contributed by atoms with Crippen molar-refractivity contribution in [2.75, 3.05) is 0 Å². The summed E-state index contributed by atoms with van der Waals surface area (Å²) in [6.07, 6.45) is 6.36. The number of hydrogen-bond acceptors (Lipinski definition) is 3. The van der Waals surface area contributed by atoms with Gasteiger partial charge < -0.3 is 9.84 Å². The van der Waals surface area contributed by atoms with E-state index in [0.29, 0.717) is 30.1 Å². The first-order valence-corrected chi connectivity index (χ1v) is 13.7. The number of halogens is 3. The molecule has 1 unspecified atom stereocenters. The lowest BCUT2D eigenvalue weighted by Gasteiger charge is -2.59. The van der Waals surface area contributed by atoms with Gasteiger partial charge in [0, 0.05) is 6.92 Å². The number of ether oxygens (including phenoxy) is 1. The summed E-state index contributed by atoms with van der Waals surface area (Å²) in [7, 11) is 0. The molecule has 4 aliphatic carbocycles. The molecule has 0 amide bonds. The van der Waals surface area contributed by atoms with Crippen LogP contribution in [-0.2, 0) is 9.53 Å². The Morgan fingerprint density at radius 1 is 1.14 bits per heavy atom. The molecule has 6 heteroatoms. The zero-order valence-electron chi connectivity index (χ0n) is 22.4. The van der Waals surface area contributed by atoms with Gasteiger partial charge in [0.15, 0.2) is 0 Å². The molecule has 3 saturated carbocycles. The smallest absolute Gasteiger partial charge is 0.428 e. The number of allylic oxidation sites excluding steroid dienone is 1. The second-order valence-electron chi connectivity index (χ2n) is 13.5. The summed E-state index contributed by atoms with van der Waals surface area (Å²) in [4.78, 5) is 11.4. The molecule has 0 heterocycles. The third-order valence-corrected chi connectivity index (χ3v) is 11.2. The zero-order chi connectivity index (χ0) is 26.0. The summed E-state index contributed by atoms with van der Waals surface area (Å²) in [6.45, 7) is 11.0. The Morgan fingerprint density at radius 2 is 1.83 bits per heavy atom. The van der Waals surface area contributed by atoms with E-state index in [2.05, 4.69) is 26.8 Å². The van der Waals surface area contributed by atoms with E-state index in [1.807, 2.05) is 6.92 Å². The number of hydrogen-bond donors (Lipinski definition) is 1. The predicted octanol–water partition coefficient (Wildman–Crippen LogP) is 7.62. The first-order valence-electron chi connectivity index (χ1n) is 13.7. The van der Waals surface area contributed by atoms with E-state index in [9.17, 15) is 23.1 Å². The van der Waals surface area contributed by atoms with Gasteiger partial charge in [0.25, 0.3) is 0 Å². The molecule has 0 spiro atoms. The Hall–Kier alpha value is -1.04. The third kappa shape index (κ3) is 4.59. The van der Waals surface area contributed by atoms with Crippen molar-refractivity contribution < 1.29 is 27.8 Å². The Kier molecular flexibility index (Phi) is 6.77. The normalized spacial score (nSPS) is 43.8. The summed E-state index contributed by atoms with van der Waals surface area (Å²) < 4.78 is 46.0. The molecule has 0 radical (unpaired) electrons. The number of rotatable bonds is 5. The molecule has 0 aromatic rings. The maximum atomic E-state index is 13.7. The van der Waals surface area contributed by atoms with Gasteiger partial charge in [-0.15, -0.1) is 0 Å². The van der Waals surface area contributed by atoms with Crippen LogP contribution in [-0.4, -0.2) is 28.5 Å². The first-order chi connectivity index (χ1) is 16.0. The van der Waals surface area contributed by atoms with E-state index in [0.717, 1.165) is 58.8 Å². The fraction of sp³-hybridized carbons (Fsp3) is 0.897. The number of fused-ring (bicyclic) bond motifs is 5. The van der Waals surface area contributed by atoms with Gasteiger partial charge in [0.05, 0.1) is 5.60 Å². The van der Waals surface area contributed by atoms with Crippen molar-refractivity contribution in [2.24, 2.45) is 40.4 Å². The molecule has 9 atom stereocenters. The number of esters is 1. The molecule has 4 rings (SSSR count). The van der Waals surface area contributed by atoms with Crippen LogP contribution in [0.3, 0.4) is 0 Å². The number of carbonyl (C=O) groups is 1. The second-order valence-corrected chi connectivity index (χ2v) is 13.5. The molecule has 0 saturated heterocycles. The van der Waals surface area contributed by atoms with Crippen LogP contribution in [0.25, 0.3) is 0 Å². The maximum Gasteiger partial charge on any atom is 0.428 e. The Bertz CT molecular complexity index is 864. The van der Waals surface area contributed by atoms with Crippen LogP contribution >= 0.6 is 0 Å². The number of aliphatic hydroxyl groups is 1. The van der Waals surface area contributed by atoms with Gasteiger partial charge in [-0.2, -0.15) is 13.2 Å². The van der Waals surface area contributed by atoms with Gasteiger partial charge >= 0.3 is 12.1 Å². The van der Waals surface area contributed by atoms with Gasteiger partial charge in [-0.1, -0.05) is 32.4 Å². The lowest BCUT2D eigenvalue weighted by atomic mass is 9.46. The molecule has 4 aliphatic rings. The molecule has 0 aromatic carbocycles. The minimum absolute atomic E-state index is 0.147. The number of alkyl halides is 3. The van der Waals surface area contributed by atoms with Gasteiger partial charge in [0.2, 0.25) is 5.60 Å². The minimum Gasteiger partial charge on any atom is -0.450 e. The molecule has 0 bridgehead atoms. The third-order valence-electron chi connectivity index (χ3n) is 11.2. The fourth-order valence-corrected chi connectivity index (χ4v) is 9.05. The molecule has 35 heavy (non-hydrogen) atoms. The SMILES string of the molecule is CC(=O)OC(C)(CC[C@@H](C)[C@H]1CC[C@H]2[C@@H]3CC=C4C[C@@](C)(O)CC[C@]4(C)[C@H]3CC[C@]12C)C(F)(F)F. The van der Waals surface area contributed by atoms with Crippen LogP contribution in [0.4, 0.5) is 13.2 Å². The largest absolute Gasteiger partial charge is 0.450 e. The highest BCUT2D eigenvalue weighted by molar-refractivity contribution is 5.66. The molecule has 0 aromatic heterocycles. The van der Waals surface area contributed by atoms with Crippen LogP contribution in [0.15, 0.2) is 11.6 Å².